The second-order valence-corrected chi connectivity index (χ2v) is 2.70. The molecule has 10 heavy (non-hydrogen) atoms. The van der Waals surface area contributed by atoms with Crippen LogP contribution in [0.5, 0.6) is 0 Å². The first-order valence-electron chi connectivity index (χ1n) is 0.955. The fourth-order valence-corrected chi connectivity index (χ4v) is 0. The first-order chi connectivity index (χ1) is 3.46. The molecule has 0 aliphatic rings. The van der Waals surface area contributed by atoms with Crippen LogP contribution >= 0.6 is 0 Å². The molecule has 0 spiro atoms. The third kappa shape index (κ3) is 466. The topological polar surface area (TPSA) is 203 Å². The predicted octanol–water partition coefficient (Wildman–Crippen LogP) is -11.5. The van der Waals surface area contributed by atoms with Crippen LogP contribution in [0.25, 0.3) is 0 Å². The lowest BCUT2D eigenvalue weighted by Crippen LogP contribution is -3.98. The van der Waals surface area contributed by atoms with Crippen LogP contribution in [0.3, 0.4) is 0 Å². The van der Waals surface area contributed by atoms with E-state index in [2.05, 4.69) is 0 Å². The summed E-state index contributed by atoms with van der Waals surface area (Å²) in [6.07, 6.45) is 0. The van der Waals surface area contributed by atoms with Gasteiger partial charge in [-0.2, -0.15) is 0 Å². The Kier molecular flexibility index (Phi) is 37.3. The van der Waals surface area contributed by atoms with Gasteiger partial charge >= 0.3 is 42.1 Å². The third-order valence-electron chi connectivity index (χ3n) is 0. The van der Waals surface area contributed by atoms with Crippen molar-refractivity contribution in [1.82, 2.24) is 12.3 Å². The first-order valence-corrected chi connectivity index (χ1v) is 6.41. The molecule has 0 saturated heterocycles. The molecule has 0 heterocycles. The van der Waals surface area contributed by atoms with Crippen molar-refractivity contribution in [2.24, 2.45) is 0 Å². The van der Waals surface area contributed by atoms with Crippen molar-refractivity contribution in [3.8, 4) is 0 Å². The fourth-order valence-electron chi connectivity index (χ4n) is 0. The van der Waals surface area contributed by atoms with Crippen LogP contribution in [0.15, 0.2) is 0 Å². The highest BCUT2D eigenvalue weighted by molar-refractivity contribution is 2.14. The van der Waals surface area contributed by atoms with Crippen LogP contribution in [-0.4, -0.2) is 6.87 Å². The summed E-state index contributed by atoms with van der Waals surface area (Å²) in [6, 6.07) is 0. The number of rotatable bonds is 0. The molecule has 0 fully saturated rings. The maximum absolute atomic E-state index is 8.68. The summed E-state index contributed by atoms with van der Waals surface area (Å²) in [5.74, 6) is 0. The lowest BCUT2D eigenvalue weighted by atomic mass is 14.0. The minimum Gasteiger partial charge on any atom is -0.396 e. The van der Waals surface area contributed by atoms with E-state index in [1.54, 1.807) is 0 Å². The number of hydrogen-bond acceptors (Lipinski definition) is 8. The predicted molar refractivity (Wildman–Crippen MR) is 14.5 cm³/mol. The van der Waals surface area contributed by atoms with E-state index in [1.807, 2.05) is 0 Å². The highest BCUT2D eigenvalue weighted by Gasteiger charge is 1.90. The van der Waals surface area contributed by atoms with E-state index in [9.17, 15) is 0 Å². The summed E-state index contributed by atoms with van der Waals surface area (Å²) in [4.78, 5) is 0. The van der Waals surface area contributed by atoms with Crippen LogP contribution in [0.4, 0.5) is 0 Å². The molecule has 0 aliphatic carbocycles. The molecule has 0 unspecified atom stereocenters. The Hall–Kier alpha value is 1.14. The van der Waals surface area contributed by atoms with Crippen molar-refractivity contribution in [3.63, 3.8) is 0 Å². The van der Waals surface area contributed by atoms with Gasteiger partial charge < -0.3 is 26.0 Å². The van der Waals surface area contributed by atoms with Crippen LogP contribution in [0, 0.1) is 0 Å². The highest BCUT2D eigenvalue weighted by atomic mass is 127. The standard InChI is InChI=1S/2HIO3.2H3N/c2*2-1(3)4;;/h2*2H;2*1H3. The molecule has 0 saturated carbocycles. The van der Waals surface area contributed by atoms with E-state index in [1.165, 1.54) is 0 Å². The van der Waals surface area contributed by atoms with E-state index in [0.717, 1.165) is 0 Å². The van der Waals surface area contributed by atoms with Gasteiger partial charge in [0.05, 0.1) is 0 Å². The number of hydrogen-bond donors (Lipinski definition) is 4. The zero-order chi connectivity index (χ0) is 7.15. The van der Waals surface area contributed by atoms with E-state index in [4.69, 9.17) is 20.6 Å². The minimum absolute atomic E-state index is 0. The molecule has 0 aliphatic heterocycles. The molecular weight excluding hydrogens is 378 g/mol. The zero-order valence-electron chi connectivity index (χ0n) is 4.70. The molecule has 0 aromatic carbocycles. The summed E-state index contributed by atoms with van der Waals surface area (Å²) < 4.78 is 48.9. The van der Waals surface area contributed by atoms with Gasteiger partial charge in [0.1, 0.15) is 0 Å². The molecule has 0 aromatic rings. The van der Waals surface area contributed by atoms with E-state index >= 15 is 0 Å². The summed E-state index contributed by atoms with van der Waals surface area (Å²) in [6.45, 7) is 0. The molecule has 8 N–H and O–H groups in total. The largest absolute Gasteiger partial charge is 0.503 e. The summed E-state index contributed by atoms with van der Waals surface area (Å²) in [7, 11) is 0. The van der Waals surface area contributed by atoms with Gasteiger partial charge in [-0.05, 0) is 6.87 Å². The SMILES string of the molecule is N.N.[O-][I+2]([O-])O.[O-][I+2]([O-])O. The van der Waals surface area contributed by atoms with Crippen molar-refractivity contribution in [2.75, 3.05) is 0 Å². The smallest absolute Gasteiger partial charge is 0.396 e. The zero-order valence-corrected chi connectivity index (χ0v) is 9.01. The molecule has 8 nitrogen and oxygen atoms in total. The van der Waals surface area contributed by atoms with Gasteiger partial charge in [0.2, 0.25) is 0 Å². The lowest BCUT2D eigenvalue weighted by Gasteiger charge is -1.67. The summed E-state index contributed by atoms with van der Waals surface area (Å²) >= 11 is -7.53. The normalized spacial score (nSPS) is 7.20. The van der Waals surface area contributed by atoms with Gasteiger partial charge in [-0.1, -0.05) is 0 Å². The van der Waals surface area contributed by atoms with Crippen molar-refractivity contribution in [1.29, 1.82) is 0 Å². The molecule has 0 aromatic heterocycles. The van der Waals surface area contributed by atoms with Crippen LogP contribution < -0.4 is 68.2 Å². The number of halogens is 2. The Morgan fingerprint density at radius 3 is 0.700 bits per heavy atom. The van der Waals surface area contributed by atoms with Crippen LogP contribution in [0.2, 0.25) is 0 Å². The summed E-state index contributed by atoms with van der Waals surface area (Å²) in [5.41, 5.74) is 0. The second-order valence-electron chi connectivity index (χ2n) is 0.402. The molecular formula is H8I2N2O6. The molecule has 0 rings (SSSR count). The maximum Gasteiger partial charge on any atom is 0.503 e. The van der Waals surface area contributed by atoms with Crippen molar-refractivity contribution in [3.05, 3.63) is 0 Å². The average Bonchev–Trinajstić information content (AvgIpc) is 1.25. The van der Waals surface area contributed by atoms with E-state index < -0.39 is 42.1 Å². The Balaban J connectivity index is -0.0000000300. The second kappa shape index (κ2) is 16.6. The Morgan fingerprint density at radius 1 is 0.700 bits per heavy atom. The first kappa shape index (κ1) is 22.5. The quantitative estimate of drug-likeness (QED) is 0.294. The van der Waals surface area contributed by atoms with Crippen molar-refractivity contribution >= 4 is 0 Å². The fraction of sp³-hybridized carbons (Fsp3) is 0. The molecule has 68 valence electrons. The van der Waals surface area contributed by atoms with Crippen molar-refractivity contribution in [2.45, 2.75) is 0 Å². The van der Waals surface area contributed by atoms with Crippen LogP contribution in [0.1, 0.15) is 0 Å². The molecule has 0 atom stereocenters. The average molecular weight is 386 g/mol. The third-order valence-corrected chi connectivity index (χ3v) is 0. The monoisotopic (exact) mass is 386 g/mol. The molecule has 0 bridgehead atoms. The Morgan fingerprint density at radius 2 is 0.700 bits per heavy atom. The van der Waals surface area contributed by atoms with Gasteiger partial charge in [-0.3, -0.25) is 0 Å². The van der Waals surface area contributed by atoms with Crippen molar-refractivity contribution < 1.29 is 62.7 Å². The molecule has 0 amide bonds. The Bertz CT molecular complexity index is 29.2. The molecule has 0 radical (unpaired) electrons. The lowest BCUT2D eigenvalue weighted by molar-refractivity contribution is -1.63. The maximum atomic E-state index is 8.68. The summed E-state index contributed by atoms with van der Waals surface area (Å²) in [5, 5.41) is 0. The highest BCUT2D eigenvalue weighted by Crippen LogP contribution is 0.254. The van der Waals surface area contributed by atoms with Gasteiger partial charge in [0, 0.05) is 0 Å². The van der Waals surface area contributed by atoms with Gasteiger partial charge in [0.25, 0.3) is 0 Å². The minimum atomic E-state index is -3.76. The van der Waals surface area contributed by atoms with Gasteiger partial charge in [-0.15, -0.1) is 0 Å². The van der Waals surface area contributed by atoms with Crippen LogP contribution in [-0.2, 0) is 0 Å². The van der Waals surface area contributed by atoms with Gasteiger partial charge in [-0.25, -0.2) is 0 Å². The van der Waals surface area contributed by atoms with E-state index in [-0.39, 0.29) is 12.3 Å². The Labute approximate surface area is 74.7 Å². The van der Waals surface area contributed by atoms with Gasteiger partial charge in [0.15, 0.2) is 0 Å². The van der Waals surface area contributed by atoms with E-state index in [0.29, 0.717) is 0 Å². The molecule has 10 heteroatoms.